The van der Waals surface area contributed by atoms with E-state index in [1.54, 1.807) is 6.07 Å². The zero-order valence-corrected chi connectivity index (χ0v) is 10.00. The van der Waals surface area contributed by atoms with E-state index >= 15 is 0 Å². The van der Waals surface area contributed by atoms with Crippen LogP contribution in [0.2, 0.25) is 0 Å². The van der Waals surface area contributed by atoms with Crippen molar-refractivity contribution in [2.24, 2.45) is 0 Å². The molecule has 0 saturated carbocycles. The molecule has 6 heteroatoms. The van der Waals surface area contributed by atoms with E-state index in [2.05, 4.69) is 15.3 Å². The monoisotopic (exact) mass is 251 g/mol. The maximum atomic E-state index is 12.3. The summed E-state index contributed by atoms with van der Waals surface area (Å²) in [5, 5.41) is 2.79. The minimum Gasteiger partial charge on any atom is -0.329 e. The average Bonchev–Trinajstić information content (AvgIpc) is 2.98. The van der Waals surface area contributed by atoms with Crippen molar-refractivity contribution < 1.29 is 8.42 Å². The Bertz CT molecular complexity index is 609. The zero-order valence-electron chi connectivity index (χ0n) is 9.18. The van der Waals surface area contributed by atoms with Crippen LogP contribution in [0.4, 0.5) is 0 Å². The van der Waals surface area contributed by atoms with Gasteiger partial charge in [0.25, 0.3) is 0 Å². The lowest BCUT2D eigenvalue weighted by atomic mass is 10.3. The molecule has 0 aliphatic carbocycles. The van der Waals surface area contributed by atoms with Gasteiger partial charge in [-0.05, 0) is 25.1 Å². The van der Waals surface area contributed by atoms with Gasteiger partial charge in [0.2, 0.25) is 15.0 Å². The third kappa shape index (κ3) is 1.73. The lowest BCUT2D eigenvalue weighted by Gasteiger charge is -2.06. The van der Waals surface area contributed by atoms with Crippen molar-refractivity contribution in [3.05, 3.63) is 24.3 Å². The first kappa shape index (κ1) is 10.7. The number of para-hydroxylation sites is 2. The number of nitrogens with zero attached hydrogens (tertiary/aromatic N) is 1. The lowest BCUT2D eigenvalue weighted by molar-refractivity contribution is 0.576. The molecule has 2 N–H and O–H groups in total. The summed E-state index contributed by atoms with van der Waals surface area (Å²) in [6.07, 6.45) is 0.652. The molecule has 5 nitrogen and oxygen atoms in total. The SMILES string of the molecule is O=S(=O)(c1nc2ccccc2[nH]1)[C@@H]1CCNC1. The minimum absolute atomic E-state index is 0.0902. The van der Waals surface area contributed by atoms with Crippen LogP contribution >= 0.6 is 0 Å². The summed E-state index contributed by atoms with van der Waals surface area (Å²) in [4.78, 5) is 7.04. The van der Waals surface area contributed by atoms with Crippen molar-refractivity contribution >= 4 is 20.9 Å². The fourth-order valence-corrected chi connectivity index (χ4v) is 3.67. The predicted molar refractivity (Wildman–Crippen MR) is 64.6 cm³/mol. The summed E-state index contributed by atoms with van der Waals surface area (Å²) >= 11 is 0. The largest absolute Gasteiger partial charge is 0.329 e. The van der Waals surface area contributed by atoms with Gasteiger partial charge in [-0.15, -0.1) is 0 Å². The number of nitrogens with one attached hydrogen (secondary N) is 2. The Kier molecular flexibility index (Phi) is 2.41. The number of benzene rings is 1. The molecule has 1 aromatic heterocycles. The predicted octanol–water partition coefficient (Wildman–Crippen LogP) is 0.699. The third-order valence-corrected chi connectivity index (χ3v) is 5.10. The van der Waals surface area contributed by atoms with Crippen LogP contribution in [-0.4, -0.2) is 36.7 Å². The van der Waals surface area contributed by atoms with Crippen LogP contribution in [0.15, 0.2) is 29.4 Å². The average molecular weight is 251 g/mol. The van der Waals surface area contributed by atoms with Gasteiger partial charge in [0.1, 0.15) is 0 Å². The zero-order chi connectivity index (χ0) is 11.9. The highest BCUT2D eigenvalue weighted by Crippen LogP contribution is 2.20. The molecular weight excluding hydrogens is 238 g/mol. The van der Waals surface area contributed by atoms with Gasteiger partial charge in [0.05, 0.1) is 16.3 Å². The lowest BCUT2D eigenvalue weighted by Crippen LogP contribution is -2.24. The molecule has 17 heavy (non-hydrogen) atoms. The van der Waals surface area contributed by atoms with Gasteiger partial charge in [0.15, 0.2) is 0 Å². The molecule has 1 atom stereocenters. The molecule has 3 rings (SSSR count). The number of aromatic amines is 1. The van der Waals surface area contributed by atoms with Crippen LogP contribution in [0.25, 0.3) is 11.0 Å². The minimum atomic E-state index is -3.33. The molecular formula is C11H13N3O2S. The molecule has 1 aliphatic rings. The van der Waals surface area contributed by atoms with E-state index in [9.17, 15) is 8.42 Å². The fourth-order valence-electron chi connectivity index (χ4n) is 2.12. The highest BCUT2D eigenvalue weighted by Gasteiger charge is 2.32. The Balaban J connectivity index is 2.08. The van der Waals surface area contributed by atoms with Crippen LogP contribution < -0.4 is 5.32 Å². The molecule has 2 aromatic rings. The molecule has 0 unspecified atom stereocenters. The van der Waals surface area contributed by atoms with E-state index in [1.165, 1.54) is 0 Å². The van der Waals surface area contributed by atoms with Crippen molar-refractivity contribution in [1.29, 1.82) is 0 Å². The maximum absolute atomic E-state index is 12.3. The first-order valence-corrected chi connectivity index (χ1v) is 7.12. The number of aromatic nitrogens is 2. The summed E-state index contributed by atoms with van der Waals surface area (Å²) in [6, 6.07) is 7.33. The van der Waals surface area contributed by atoms with Gasteiger partial charge < -0.3 is 10.3 Å². The van der Waals surface area contributed by atoms with E-state index in [1.807, 2.05) is 18.2 Å². The second-order valence-electron chi connectivity index (χ2n) is 4.22. The summed E-state index contributed by atoms with van der Waals surface area (Å²) in [5.74, 6) is 0. The van der Waals surface area contributed by atoms with E-state index in [0.717, 1.165) is 12.1 Å². The number of rotatable bonds is 2. The Morgan fingerprint density at radius 3 is 2.82 bits per heavy atom. The summed E-state index contributed by atoms with van der Waals surface area (Å²) < 4.78 is 24.5. The van der Waals surface area contributed by atoms with Gasteiger partial charge >= 0.3 is 0 Å². The molecule has 0 radical (unpaired) electrons. The topological polar surface area (TPSA) is 74.8 Å². The highest BCUT2D eigenvalue weighted by molar-refractivity contribution is 7.91. The van der Waals surface area contributed by atoms with Crippen molar-refractivity contribution in [2.45, 2.75) is 16.8 Å². The second-order valence-corrected chi connectivity index (χ2v) is 6.36. The smallest absolute Gasteiger partial charge is 0.226 e. The summed E-state index contributed by atoms with van der Waals surface area (Å²) in [6.45, 7) is 1.27. The van der Waals surface area contributed by atoms with Gasteiger partial charge in [0, 0.05) is 6.54 Å². The van der Waals surface area contributed by atoms with Gasteiger partial charge in [-0.25, -0.2) is 13.4 Å². The molecule has 90 valence electrons. The van der Waals surface area contributed by atoms with Crippen LogP contribution in [0.1, 0.15) is 6.42 Å². The van der Waals surface area contributed by atoms with Crippen LogP contribution in [0, 0.1) is 0 Å². The van der Waals surface area contributed by atoms with Crippen molar-refractivity contribution in [3.8, 4) is 0 Å². The summed E-state index contributed by atoms with van der Waals surface area (Å²) in [7, 11) is -3.33. The van der Waals surface area contributed by atoms with E-state index < -0.39 is 9.84 Å². The van der Waals surface area contributed by atoms with E-state index in [4.69, 9.17) is 0 Å². The molecule has 0 spiro atoms. The number of hydrogen-bond acceptors (Lipinski definition) is 4. The Morgan fingerprint density at radius 2 is 2.12 bits per heavy atom. The van der Waals surface area contributed by atoms with Crippen LogP contribution in [-0.2, 0) is 9.84 Å². The van der Waals surface area contributed by atoms with Crippen LogP contribution in [0.5, 0.6) is 0 Å². The summed E-state index contributed by atoms with van der Waals surface area (Å²) in [5.41, 5.74) is 1.45. The second kappa shape index (κ2) is 3.82. The highest BCUT2D eigenvalue weighted by atomic mass is 32.2. The van der Waals surface area contributed by atoms with Crippen molar-refractivity contribution in [2.75, 3.05) is 13.1 Å². The number of hydrogen-bond donors (Lipinski definition) is 2. The molecule has 1 fully saturated rings. The molecule has 0 bridgehead atoms. The van der Waals surface area contributed by atoms with Gasteiger partial charge in [-0.3, -0.25) is 0 Å². The molecule has 1 aliphatic heterocycles. The van der Waals surface area contributed by atoms with Gasteiger partial charge in [-0.2, -0.15) is 0 Å². The maximum Gasteiger partial charge on any atom is 0.226 e. The number of sulfone groups is 1. The first-order valence-electron chi connectivity index (χ1n) is 5.57. The molecule has 1 saturated heterocycles. The quantitative estimate of drug-likeness (QED) is 0.824. The van der Waals surface area contributed by atoms with Gasteiger partial charge in [-0.1, -0.05) is 12.1 Å². The Morgan fingerprint density at radius 1 is 1.29 bits per heavy atom. The van der Waals surface area contributed by atoms with E-state index in [-0.39, 0.29) is 10.4 Å². The normalized spacial score (nSPS) is 21.1. The molecule has 1 aromatic carbocycles. The van der Waals surface area contributed by atoms with Crippen LogP contribution in [0.3, 0.4) is 0 Å². The Hall–Kier alpha value is -1.40. The van der Waals surface area contributed by atoms with Crippen molar-refractivity contribution in [3.63, 3.8) is 0 Å². The fraction of sp³-hybridized carbons (Fsp3) is 0.364. The number of imidazole rings is 1. The molecule has 2 heterocycles. The first-order chi connectivity index (χ1) is 8.18. The molecule has 0 amide bonds. The number of fused-ring (bicyclic) bond motifs is 1. The number of H-pyrrole nitrogens is 1. The Labute approximate surface area is 99.2 Å². The van der Waals surface area contributed by atoms with Crippen molar-refractivity contribution in [1.82, 2.24) is 15.3 Å². The standard InChI is InChI=1S/C11H13N3O2S/c15-17(16,8-5-6-12-7-8)11-13-9-3-1-2-4-10(9)14-11/h1-4,8,12H,5-7H2,(H,13,14)/t8-/m1/s1. The van der Waals surface area contributed by atoms with E-state index in [0.29, 0.717) is 18.5 Å². The third-order valence-electron chi connectivity index (χ3n) is 3.09.